The predicted octanol–water partition coefficient (Wildman–Crippen LogP) is 0.331. The Kier molecular flexibility index (Phi) is 2.63. The zero-order chi connectivity index (χ0) is 12.6. The fourth-order valence-electron chi connectivity index (χ4n) is 1.99. The Hall–Kier alpha value is -1.88. The number of nitrogens with two attached hydrogens (primary N) is 1. The van der Waals surface area contributed by atoms with E-state index >= 15 is 0 Å². The number of hydrogen-bond donors (Lipinski definition) is 2. The number of hydrogen-bond acceptors (Lipinski definition) is 3. The largest absolute Gasteiger partial charge is 0.327 e. The van der Waals surface area contributed by atoms with Crippen LogP contribution in [0, 0.1) is 6.92 Å². The van der Waals surface area contributed by atoms with Crippen molar-refractivity contribution < 1.29 is 9.59 Å². The Bertz CT molecular complexity index is 469. The summed E-state index contributed by atoms with van der Waals surface area (Å²) in [5, 5.41) is 2.66. The number of nitrogens with one attached hydrogen (secondary N) is 1. The summed E-state index contributed by atoms with van der Waals surface area (Å²) in [5.74, 6) is -0.311. The number of benzene rings is 1. The smallest absolute Gasteiger partial charge is 0.325 e. The maximum Gasteiger partial charge on any atom is 0.325 e. The average molecular weight is 233 g/mol. The van der Waals surface area contributed by atoms with Gasteiger partial charge in [-0.2, -0.15) is 0 Å². The van der Waals surface area contributed by atoms with Crippen molar-refractivity contribution in [3.63, 3.8) is 0 Å². The molecule has 0 radical (unpaired) electrons. The number of carbonyl (C=O) groups excluding carboxylic acids is 2. The van der Waals surface area contributed by atoms with Crippen LogP contribution in [0.2, 0.25) is 0 Å². The summed E-state index contributed by atoms with van der Waals surface area (Å²) >= 11 is 0. The van der Waals surface area contributed by atoms with Gasteiger partial charge in [-0.15, -0.1) is 0 Å². The van der Waals surface area contributed by atoms with Crippen LogP contribution in [-0.4, -0.2) is 30.4 Å². The van der Waals surface area contributed by atoms with E-state index in [-0.39, 0.29) is 12.5 Å². The molecular weight excluding hydrogens is 218 g/mol. The minimum Gasteiger partial charge on any atom is -0.327 e. The number of rotatable bonds is 2. The van der Waals surface area contributed by atoms with Gasteiger partial charge in [-0.3, -0.25) is 9.69 Å². The summed E-state index contributed by atoms with van der Waals surface area (Å²) < 4.78 is 0. The highest BCUT2D eigenvalue weighted by molar-refractivity contribution is 6.07. The van der Waals surface area contributed by atoms with Crippen molar-refractivity contribution in [1.82, 2.24) is 10.2 Å². The molecule has 5 heteroatoms. The van der Waals surface area contributed by atoms with E-state index in [9.17, 15) is 9.59 Å². The maximum atomic E-state index is 12.1. The second-order valence-corrected chi connectivity index (χ2v) is 4.27. The van der Waals surface area contributed by atoms with Crippen LogP contribution < -0.4 is 11.1 Å². The molecule has 0 bridgehead atoms. The van der Waals surface area contributed by atoms with Crippen LogP contribution >= 0.6 is 0 Å². The molecule has 0 aromatic heterocycles. The fourth-order valence-corrected chi connectivity index (χ4v) is 1.99. The van der Waals surface area contributed by atoms with Gasteiger partial charge in [0.1, 0.15) is 0 Å². The predicted molar refractivity (Wildman–Crippen MR) is 63.2 cm³/mol. The van der Waals surface area contributed by atoms with Gasteiger partial charge in [-0.25, -0.2) is 4.79 Å². The van der Waals surface area contributed by atoms with Crippen molar-refractivity contribution in [2.24, 2.45) is 5.73 Å². The molecular formula is C12H15N3O2. The molecule has 1 aromatic carbocycles. The molecule has 1 aliphatic rings. The van der Waals surface area contributed by atoms with Gasteiger partial charge in [-0.1, -0.05) is 29.8 Å². The van der Waals surface area contributed by atoms with Crippen molar-refractivity contribution in [1.29, 1.82) is 0 Å². The maximum absolute atomic E-state index is 12.1. The minimum atomic E-state index is -1.11. The molecule has 2 rings (SSSR count). The number of nitrogens with zero attached hydrogens (tertiary/aromatic N) is 1. The first kappa shape index (κ1) is 11.6. The number of likely N-dealkylation sites (N-methyl/N-ethyl adjacent to an activating group) is 1. The molecule has 3 amide bonds. The Morgan fingerprint density at radius 2 is 1.88 bits per heavy atom. The number of carbonyl (C=O) groups is 2. The van der Waals surface area contributed by atoms with Crippen LogP contribution in [0.25, 0.3) is 0 Å². The third kappa shape index (κ3) is 1.59. The van der Waals surface area contributed by atoms with Gasteiger partial charge in [0.25, 0.3) is 5.91 Å². The molecule has 5 nitrogen and oxygen atoms in total. The Morgan fingerprint density at radius 3 is 2.29 bits per heavy atom. The van der Waals surface area contributed by atoms with Crippen molar-refractivity contribution in [2.45, 2.75) is 12.5 Å². The molecule has 0 spiro atoms. The van der Waals surface area contributed by atoms with Gasteiger partial charge < -0.3 is 11.1 Å². The van der Waals surface area contributed by atoms with E-state index in [1.54, 1.807) is 0 Å². The standard InChI is InChI=1S/C12H15N3O2/c1-8-3-5-9(6-4-8)12(7-13)10(16)15(2)11(17)14-12/h3-6H,7,13H2,1-2H3,(H,14,17). The van der Waals surface area contributed by atoms with Crippen LogP contribution in [0.15, 0.2) is 24.3 Å². The highest BCUT2D eigenvalue weighted by Gasteiger charge is 2.50. The van der Waals surface area contributed by atoms with Crippen molar-refractivity contribution in [2.75, 3.05) is 13.6 Å². The van der Waals surface area contributed by atoms with E-state index in [0.717, 1.165) is 10.5 Å². The first-order valence-corrected chi connectivity index (χ1v) is 5.39. The van der Waals surface area contributed by atoms with Crippen LogP contribution in [-0.2, 0) is 10.3 Å². The van der Waals surface area contributed by atoms with Crippen molar-refractivity contribution in [3.05, 3.63) is 35.4 Å². The first-order chi connectivity index (χ1) is 8.01. The van der Waals surface area contributed by atoms with Gasteiger partial charge in [0.2, 0.25) is 0 Å². The van der Waals surface area contributed by atoms with E-state index in [2.05, 4.69) is 5.32 Å². The van der Waals surface area contributed by atoms with Crippen molar-refractivity contribution >= 4 is 11.9 Å². The highest BCUT2D eigenvalue weighted by Crippen LogP contribution is 2.27. The lowest BCUT2D eigenvalue weighted by Gasteiger charge is -2.25. The molecule has 0 aliphatic carbocycles. The molecule has 1 saturated heterocycles. The lowest BCUT2D eigenvalue weighted by atomic mass is 9.89. The van der Waals surface area contributed by atoms with Crippen LogP contribution in [0.1, 0.15) is 11.1 Å². The molecule has 17 heavy (non-hydrogen) atoms. The summed E-state index contributed by atoms with van der Waals surface area (Å²) in [7, 11) is 1.45. The zero-order valence-electron chi connectivity index (χ0n) is 9.86. The molecule has 1 fully saturated rings. The molecule has 90 valence electrons. The first-order valence-electron chi connectivity index (χ1n) is 5.39. The minimum absolute atomic E-state index is 0.0466. The zero-order valence-corrected chi connectivity index (χ0v) is 9.86. The Labute approximate surface area is 99.6 Å². The molecule has 3 N–H and O–H groups in total. The average Bonchev–Trinajstić information content (AvgIpc) is 2.55. The fraction of sp³-hybridized carbons (Fsp3) is 0.333. The quantitative estimate of drug-likeness (QED) is 0.723. The monoisotopic (exact) mass is 233 g/mol. The highest BCUT2D eigenvalue weighted by atomic mass is 16.2. The number of aryl methyl sites for hydroxylation is 1. The van der Waals surface area contributed by atoms with Crippen LogP contribution in [0.3, 0.4) is 0 Å². The number of urea groups is 1. The molecule has 1 aromatic rings. The third-order valence-corrected chi connectivity index (χ3v) is 3.15. The molecule has 1 heterocycles. The third-order valence-electron chi connectivity index (χ3n) is 3.15. The summed E-state index contributed by atoms with van der Waals surface area (Å²) in [6, 6.07) is 7.01. The van der Waals surface area contributed by atoms with E-state index in [1.807, 2.05) is 31.2 Å². The van der Waals surface area contributed by atoms with E-state index in [0.29, 0.717) is 5.56 Å². The van der Waals surface area contributed by atoms with Gasteiger partial charge in [-0.05, 0) is 12.5 Å². The summed E-state index contributed by atoms with van der Waals surface area (Å²) in [5.41, 5.74) is 6.38. The second kappa shape index (κ2) is 3.85. The number of imide groups is 1. The second-order valence-electron chi connectivity index (χ2n) is 4.27. The van der Waals surface area contributed by atoms with E-state index in [4.69, 9.17) is 5.73 Å². The Balaban J connectivity index is 2.49. The Morgan fingerprint density at radius 1 is 1.29 bits per heavy atom. The molecule has 1 unspecified atom stereocenters. The normalized spacial score (nSPS) is 24.1. The SMILES string of the molecule is Cc1ccc(C2(CN)NC(=O)N(C)C2=O)cc1. The topological polar surface area (TPSA) is 75.4 Å². The lowest BCUT2D eigenvalue weighted by Crippen LogP contribution is -2.49. The molecule has 1 atom stereocenters. The van der Waals surface area contributed by atoms with Crippen LogP contribution in [0.4, 0.5) is 4.79 Å². The molecule has 1 aliphatic heterocycles. The molecule has 0 saturated carbocycles. The van der Waals surface area contributed by atoms with Gasteiger partial charge in [0.05, 0.1) is 0 Å². The van der Waals surface area contributed by atoms with Gasteiger partial charge >= 0.3 is 6.03 Å². The summed E-state index contributed by atoms with van der Waals surface area (Å²) in [6.07, 6.45) is 0. The number of amides is 3. The van der Waals surface area contributed by atoms with E-state index < -0.39 is 11.6 Å². The lowest BCUT2D eigenvalue weighted by molar-refractivity contribution is -0.130. The summed E-state index contributed by atoms with van der Waals surface area (Å²) in [6.45, 7) is 2.01. The van der Waals surface area contributed by atoms with Gasteiger partial charge in [0.15, 0.2) is 5.54 Å². The summed E-state index contributed by atoms with van der Waals surface area (Å²) in [4.78, 5) is 24.7. The van der Waals surface area contributed by atoms with E-state index in [1.165, 1.54) is 7.05 Å². The van der Waals surface area contributed by atoms with Gasteiger partial charge in [0, 0.05) is 13.6 Å². The van der Waals surface area contributed by atoms with Crippen molar-refractivity contribution in [3.8, 4) is 0 Å². The van der Waals surface area contributed by atoms with Crippen LogP contribution in [0.5, 0.6) is 0 Å².